The maximum absolute atomic E-state index is 13.9. The highest BCUT2D eigenvalue weighted by atomic mass is 32.2. The molecule has 1 aromatic heterocycles. The molecular formula is C19H25FN4O4S. The Kier molecular flexibility index (Phi) is 7.91. The molecule has 2 rings (SSSR count). The monoisotopic (exact) mass is 424 g/mol. The molecule has 0 atom stereocenters. The van der Waals surface area contributed by atoms with Crippen molar-refractivity contribution in [1.82, 2.24) is 9.29 Å². The predicted molar refractivity (Wildman–Crippen MR) is 110 cm³/mol. The van der Waals surface area contributed by atoms with Crippen LogP contribution in [0.5, 0.6) is 5.75 Å². The number of nitrogens with zero attached hydrogens (tertiary/aromatic N) is 2. The summed E-state index contributed by atoms with van der Waals surface area (Å²) in [5.41, 5.74) is 1.51. The van der Waals surface area contributed by atoms with Gasteiger partial charge in [-0.3, -0.25) is 4.98 Å². The van der Waals surface area contributed by atoms with Gasteiger partial charge in [-0.05, 0) is 31.5 Å². The minimum Gasteiger partial charge on any atom is -0.492 e. The van der Waals surface area contributed by atoms with E-state index in [1.165, 1.54) is 23.6 Å². The molecule has 0 saturated heterocycles. The number of carbonyl (C=O) groups is 1. The van der Waals surface area contributed by atoms with Gasteiger partial charge < -0.3 is 15.4 Å². The molecule has 2 amide bonds. The van der Waals surface area contributed by atoms with Gasteiger partial charge in [0, 0.05) is 37.1 Å². The minimum atomic E-state index is -3.32. The first-order valence-electron chi connectivity index (χ1n) is 9.07. The molecule has 0 aliphatic carbocycles. The van der Waals surface area contributed by atoms with Gasteiger partial charge in [-0.1, -0.05) is 6.92 Å². The number of ether oxygens (including phenoxy) is 1. The third kappa shape index (κ3) is 7.31. The molecule has 0 fully saturated rings. The zero-order valence-corrected chi connectivity index (χ0v) is 17.4. The van der Waals surface area contributed by atoms with Gasteiger partial charge in [0.05, 0.1) is 17.6 Å². The summed E-state index contributed by atoms with van der Waals surface area (Å²) in [5, 5.41) is 5.12. The first kappa shape index (κ1) is 22.6. The Morgan fingerprint density at radius 1 is 1.21 bits per heavy atom. The maximum Gasteiger partial charge on any atom is 0.323 e. The van der Waals surface area contributed by atoms with Crippen molar-refractivity contribution in [2.45, 2.75) is 20.3 Å². The lowest BCUT2D eigenvalue weighted by Gasteiger charge is -2.17. The van der Waals surface area contributed by atoms with Crippen LogP contribution in [0.2, 0.25) is 0 Å². The highest BCUT2D eigenvalue weighted by Gasteiger charge is 2.16. The van der Waals surface area contributed by atoms with Gasteiger partial charge in [0.2, 0.25) is 10.0 Å². The number of rotatable bonds is 9. The number of nitrogens with one attached hydrogen (secondary N) is 2. The number of benzene rings is 1. The molecule has 0 bridgehead atoms. The average molecular weight is 424 g/mol. The summed E-state index contributed by atoms with van der Waals surface area (Å²) < 4.78 is 44.4. The molecule has 0 unspecified atom stereocenters. The Bertz CT molecular complexity index is 936. The number of likely N-dealkylation sites (N-methyl/N-ethyl adjacent to an activating group) is 1. The van der Waals surface area contributed by atoms with E-state index in [1.807, 2.05) is 6.92 Å². The minimum absolute atomic E-state index is 0.0452. The first-order chi connectivity index (χ1) is 13.7. The van der Waals surface area contributed by atoms with Crippen molar-refractivity contribution < 1.29 is 22.3 Å². The second-order valence-corrected chi connectivity index (χ2v) is 8.62. The number of sulfonamides is 1. The van der Waals surface area contributed by atoms with Gasteiger partial charge in [0.25, 0.3) is 0 Å². The van der Waals surface area contributed by atoms with Crippen molar-refractivity contribution >= 4 is 27.4 Å². The predicted octanol–water partition coefficient (Wildman–Crippen LogP) is 3.22. The summed E-state index contributed by atoms with van der Waals surface area (Å²) in [4.78, 5) is 16.2. The van der Waals surface area contributed by atoms with E-state index in [9.17, 15) is 17.6 Å². The van der Waals surface area contributed by atoms with E-state index < -0.39 is 21.9 Å². The van der Waals surface area contributed by atoms with Crippen LogP contribution in [0.3, 0.4) is 0 Å². The summed E-state index contributed by atoms with van der Waals surface area (Å²) in [7, 11) is -1.85. The van der Waals surface area contributed by atoms with Gasteiger partial charge in [-0.15, -0.1) is 0 Å². The highest BCUT2D eigenvalue weighted by molar-refractivity contribution is 7.89. The van der Waals surface area contributed by atoms with Crippen LogP contribution in [0, 0.1) is 12.7 Å². The fourth-order valence-electron chi connectivity index (χ4n) is 2.40. The number of amides is 2. The first-order valence-corrected chi connectivity index (χ1v) is 10.7. The van der Waals surface area contributed by atoms with Crippen LogP contribution < -0.4 is 15.4 Å². The lowest BCUT2D eigenvalue weighted by Crippen LogP contribution is -2.32. The van der Waals surface area contributed by atoms with Crippen molar-refractivity contribution in [3.05, 3.63) is 48.0 Å². The third-order valence-electron chi connectivity index (χ3n) is 3.91. The van der Waals surface area contributed by atoms with Crippen LogP contribution in [0.15, 0.2) is 36.5 Å². The van der Waals surface area contributed by atoms with Crippen molar-refractivity contribution in [2.24, 2.45) is 0 Å². The van der Waals surface area contributed by atoms with Crippen molar-refractivity contribution in [3.63, 3.8) is 0 Å². The van der Waals surface area contributed by atoms with E-state index >= 15 is 0 Å². The average Bonchev–Trinajstić information content (AvgIpc) is 2.63. The normalized spacial score (nSPS) is 11.3. The molecule has 29 heavy (non-hydrogen) atoms. The van der Waals surface area contributed by atoms with Gasteiger partial charge in [-0.2, -0.15) is 0 Å². The summed E-state index contributed by atoms with van der Waals surface area (Å²) in [6.07, 6.45) is 2.03. The van der Waals surface area contributed by atoms with Gasteiger partial charge in [0.1, 0.15) is 18.2 Å². The molecule has 0 radical (unpaired) electrons. The van der Waals surface area contributed by atoms with E-state index in [2.05, 4.69) is 15.6 Å². The van der Waals surface area contributed by atoms with Crippen molar-refractivity contribution in [3.8, 4) is 5.75 Å². The zero-order chi connectivity index (χ0) is 21.4. The van der Waals surface area contributed by atoms with Gasteiger partial charge >= 0.3 is 6.03 Å². The van der Waals surface area contributed by atoms with Crippen molar-refractivity contribution in [1.29, 1.82) is 0 Å². The molecule has 1 heterocycles. The Balaban J connectivity index is 1.93. The molecule has 8 nitrogen and oxygen atoms in total. The van der Waals surface area contributed by atoms with Crippen LogP contribution >= 0.6 is 0 Å². The maximum atomic E-state index is 13.9. The quantitative estimate of drug-likeness (QED) is 0.644. The van der Waals surface area contributed by atoms with E-state index in [0.717, 1.165) is 17.8 Å². The topological polar surface area (TPSA) is 101 Å². The third-order valence-corrected chi connectivity index (χ3v) is 5.97. The van der Waals surface area contributed by atoms with Crippen LogP contribution in [0.25, 0.3) is 0 Å². The lowest BCUT2D eigenvalue weighted by molar-refractivity contribution is 0.262. The van der Waals surface area contributed by atoms with Crippen molar-refractivity contribution in [2.75, 3.05) is 36.6 Å². The number of aromatic nitrogens is 1. The van der Waals surface area contributed by atoms with E-state index in [-0.39, 0.29) is 30.3 Å². The lowest BCUT2D eigenvalue weighted by atomic mass is 10.3. The molecule has 0 spiro atoms. The molecule has 10 heteroatoms. The number of hydrogen-bond donors (Lipinski definition) is 2. The largest absolute Gasteiger partial charge is 0.492 e. The van der Waals surface area contributed by atoms with Gasteiger partial charge in [-0.25, -0.2) is 21.9 Å². The van der Waals surface area contributed by atoms with Gasteiger partial charge in [0.15, 0.2) is 0 Å². The molecular weight excluding hydrogens is 399 g/mol. The SMILES string of the molecule is CCCS(=O)(=O)N(C)CCOc1cc(F)cc(NC(=O)Nc2ccc(C)nc2)c1. The molecule has 0 aliphatic heterocycles. The van der Waals surface area contributed by atoms with E-state index in [4.69, 9.17) is 4.74 Å². The number of urea groups is 1. The Morgan fingerprint density at radius 3 is 2.59 bits per heavy atom. The standard InChI is InChI=1S/C19H25FN4O4S/c1-4-9-29(26,27)24(3)7-8-28-18-11-15(20)10-17(12-18)23-19(25)22-16-6-5-14(2)21-13-16/h5-6,10-13H,4,7-9H2,1-3H3,(H2,22,23,25). The Morgan fingerprint density at radius 2 is 1.93 bits per heavy atom. The number of hydrogen-bond acceptors (Lipinski definition) is 5. The summed E-state index contributed by atoms with van der Waals surface area (Å²) >= 11 is 0. The summed E-state index contributed by atoms with van der Waals surface area (Å²) in [6.45, 7) is 3.79. The summed E-state index contributed by atoms with van der Waals surface area (Å²) in [6, 6.07) is 6.66. The molecule has 2 aromatic rings. The second-order valence-electron chi connectivity index (χ2n) is 6.43. The summed E-state index contributed by atoms with van der Waals surface area (Å²) in [5.74, 6) is -0.358. The molecule has 0 saturated carbocycles. The van der Waals surface area contributed by atoms with E-state index in [1.54, 1.807) is 19.1 Å². The number of pyridine rings is 1. The van der Waals surface area contributed by atoms with Crippen LogP contribution in [-0.2, 0) is 10.0 Å². The number of halogens is 1. The zero-order valence-electron chi connectivity index (χ0n) is 16.6. The molecule has 158 valence electrons. The van der Waals surface area contributed by atoms with Crippen LogP contribution in [0.4, 0.5) is 20.6 Å². The Labute approximate surface area is 170 Å². The van der Waals surface area contributed by atoms with Crippen LogP contribution in [-0.4, -0.2) is 49.7 Å². The number of aryl methyl sites for hydroxylation is 1. The fraction of sp³-hybridized carbons (Fsp3) is 0.368. The van der Waals surface area contributed by atoms with Crippen LogP contribution in [0.1, 0.15) is 19.0 Å². The molecule has 0 aliphatic rings. The molecule has 1 aromatic carbocycles. The number of carbonyl (C=O) groups excluding carboxylic acids is 1. The fourth-order valence-corrected chi connectivity index (χ4v) is 3.58. The second kappa shape index (κ2) is 10.2. The number of anilines is 2. The van der Waals surface area contributed by atoms with E-state index in [0.29, 0.717) is 12.1 Å². The Hall–Kier alpha value is -2.72. The molecule has 2 N–H and O–H groups in total. The highest BCUT2D eigenvalue weighted by Crippen LogP contribution is 2.21. The smallest absolute Gasteiger partial charge is 0.323 e.